The van der Waals surface area contributed by atoms with Crippen LogP contribution in [0.4, 0.5) is 0 Å². The molecule has 4 nitrogen and oxygen atoms in total. The lowest BCUT2D eigenvalue weighted by atomic mass is 10.3. The number of hydrogen-bond donors (Lipinski definition) is 1. The molecule has 0 bridgehead atoms. The van der Waals surface area contributed by atoms with Crippen LogP contribution in [-0.2, 0) is 14.3 Å². The minimum atomic E-state index is -0.993. The van der Waals surface area contributed by atoms with E-state index in [-0.39, 0.29) is 18.1 Å². The van der Waals surface area contributed by atoms with E-state index in [0.29, 0.717) is 5.57 Å². The molecule has 5 heteroatoms. The van der Waals surface area contributed by atoms with Crippen molar-refractivity contribution in [1.82, 2.24) is 0 Å². The van der Waals surface area contributed by atoms with Crippen LogP contribution in [0.1, 0.15) is 20.3 Å². The summed E-state index contributed by atoms with van der Waals surface area (Å²) in [6, 6.07) is 0. The topological polar surface area (TPSA) is 63.6 Å². The van der Waals surface area contributed by atoms with E-state index in [1.54, 1.807) is 25.2 Å². The predicted molar refractivity (Wildman–Crippen MR) is 69.2 cm³/mol. The molecular weight excluding hydrogens is 256 g/mol. The van der Waals surface area contributed by atoms with Gasteiger partial charge in [0.25, 0.3) is 0 Å². The SMILES string of the molecule is CC=C=CC=C(C)C(=O)OCC(Cl)=CCC(=O)O. The van der Waals surface area contributed by atoms with Crippen LogP contribution in [0.15, 0.2) is 40.6 Å². The van der Waals surface area contributed by atoms with E-state index >= 15 is 0 Å². The van der Waals surface area contributed by atoms with E-state index in [4.69, 9.17) is 21.4 Å². The van der Waals surface area contributed by atoms with Crippen molar-refractivity contribution in [3.05, 3.63) is 40.6 Å². The molecule has 18 heavy (non-hydrogen) atoms. The zero-order valence-electron chi connectivity index (χ0n) is 10.3. The second-order valence-corrected chi connectivity index (χ2v) is 3.78. The third-order valence-electron chi connectivity index (χ3n) is 1.76. The number of carboxylic acids is 1. The zero-order chi connectivity index (χ0) is 14.0. The van der Waals surface area contributed by atoms with Gasteiger partial charge in [0.05, 0.1) is 11.5 Å². The maximum absolute atomic E-state index is 11.4. The monoisotopic (exact) mass is 270 g/mol. The number of carbonyl (C=O) groups is 2. The number of ether oxygens (including phenoxy) is 1. The Bertz CT molecular complexity index is 426. The zero-order valence-corrected chi connectivity index (χ0v) is 11.0. The van der Waals surface area contributed by atoms with Gasteiger partial charge in [-0.05, 0) is 32.1 Å². The van der Waals surface area contributed by atoms with E-state index in [1.807, 2.05) is 6.92 Å². The highest BCUT2D eigenvalue weighted by molar-refractivity contribution is 6.29. The third kappa shape index (κ3) is 8.39. The summed E-state index contributed by atoms with van der Waals surface area (Å²) in [5, 5.41) is 8.60. The highest BCUT2D eigenvalue weighted by atomic mass is 35.5. The molecule has 0 saturated carbocycles. The second kappa shape index (κ2) is 9.28. The van der Waals surface area contributed by atoms with Crippen LogP contribution in [0.3, 0.4) is 0 Å². The summed E-state index contributed by atoms with van der Waals surface area (Å²) < 4.78 is 4.87. The molecule has 0 aliphatic carbocycles. The third-order valence-corrected chi connectivity index (χ3v) is 2.02. The number of aliphatic carboxylic acids is 1. The molecule has 0 aliphatic rings. The number of carbonyl (C=O) groups excluding carboxylic acids is 1. The van der Waals surface area contributed by atoms with E-state index in [1.165, 1.54) is 6.08 Å². The fourth-order valence-corrected chi connectivity index (χ4v) is 0.974. The smallest absolute Gasteiger partial charge is 0.334 e. The molecule has 0 atom stereocenters. The summed E-state index contributed by atoms with van der Waals surface area (Å²) in [5.41, 5.74) is 3.20. The number of hydrogen-bond acceptors (Lipinski definition) is 3. The normalized spacial score (nSPS) is 11.5. The summed E-state index contributed by atoms with van der Waals surface area (Å²) in [5.74, 6) is -1.50. The van der Waals surface area contributed by atoms with Crippen molar-refractivity contribution in [2.75, 3.05) is 6.61 Å². The van der Waals surface area contributed by atoms with Gasteiger partial charge in [-0.2, -0.15) is 0 Å². The molecule has 0 unspecified atom stereocenters. The van der Waals surface area contributed by atoms with Crippen molar-refractivity contribution in [3.8, 4) is 0 Å². The number of halogens is 1. The Morgan fingerprint density at radius 2 is 2.11 bits per heavy atom. The quantitative estimate of drug-likeness (QED) is 0.349. The molecule has 0 heterocycles. The Labute approximate surface area is 111 Å². The lowest BCUT2D eigenvalue weighted by Crippen LogP contribution is -2.07. The summed E-state index contributed by atoms with van der Waals surface area (Å²) in [6.07, 6.45) is 5.96. The van der Waals surface area contributed by atoms with Crippen molar-refractivity contribution in [2.24, 2.45) is 0 Å². The minimum absolute atomic E-state index is 0.133. The summed E-state index contributed by atoms with van der Waals surface area (Å²) >= 11 is 5.68. The molecule has 0 rings (SSSR count). The summed E-state index contributed by atoms with van der Waals surface area (Å²) in [4.78, 5) is 21.7. The van der Waals surface area contributed by atoms with Crippen molar-refractivity contribution >= 4 is 23.5 Å². The van der Waals surface area contributed by atoms with E-state index in [0.717, 1.165) is 0 Å². The molecule has 1 N–H and O–H groups in total. The highest BCUT2D eigenvalue weighted by Gasteiger charge is 2.05. The molecule has 98 valence electrons. The first-order valence-electron chi connectivity index (χ1n) is 5.24. The molecule has 0 aromatic rings. The second-order valence-electron chi connectivity index (χ2n) is 3.30. The van der Waals surface area contributed by atoms with Crippen LogP contribution in [0.5, 0.6) is 0 Å². The van der Waals surface area contributed by atoms with Crippen LogP contribution < -0.4 is 0 Å². The first kappa shape index (κ1) is 16.2. The van der Waals surface area contributed by atoms with Crippen LogP contribution in [-0.4, -0.2) is 23.7 Å². The molecular formula is C13H15ClO4. The van der Waals surface area contributed by atoms with Crippen LogP contribution in [0.25, 0.3) is 0 Å². The number of carboxylic acid groups (broad SMARTS) is 1. The first-order chi connectivity index (χ1) is 8.47. The van der Waals surface area contributed by atoms with Gasteiger partial charge in [0.2, 0.25) is 0 Å². The van der Waals surface area contributed by atoms with Gasteiger partial charge in [-0.3, -0.25) is 4.79 Å². The number of esters is 1. The average molecular weight is 271 g/mol. The van der Waals surface area contributed by atoms with Gasteiger partial charge in [0.15, 0.2) is 0 Å². The van der Waals surface area contributed by atoms with Crippen molar-refractivity contribution in [1.29, 1.82) is 0 Å². The summed E-state index contributed by atoms with van der Waals surface area (Å²) in [6.45, 7) is 3.28. The maximum atomic E-state index is 11.4. The molecule has 0 amide bonds. The lowest BCUT2D eigenvalue weighted by Gasteiger charge is -2.03. The van der Waals surface area contributed by atoms with E-state index < -0.39 is 11.9 Å². The highest BCUT2D eigenvalue weighted by Crippen LogP contribution is 2.06. The lowest BCUT2D eigenvalue weighted by molar-refractivity contribution is -0.138. The fraction of sp³-hybridized carbons (Fsp3) is 0.308. The average Bonchev–Trinajstić information content (AvgIpc) is 2.33. The Hall–Kier alpha value is -1.77. The Kier molecular flexibility index (Phi) is 8.37. The van der Waals surface area contributed by atoms with Gasteiger partial charge in [0.1, 0.15) is 6.61 Å². The van der Waals surface area contributed by atoms with Gasteiger partial charge in [-0.25, -0.2) is 4.79 Å². The molecule has 0 saturated heterocycles. The number of allylic oxidation sites excluding steroid dienone is 2. The van der Waals surface area contributed by atoms with Crippen LogP contribution >= 0.6 is 11.6 Å². The fourth-order valence-electron chi connectivity index (χ4n) is 0.843. The van der Waals surface area contributed by atoms with E-state index in [9.17, 15) is 9.59 Å². The predicted octanol–water partition coefficient (Wildman–Crippen LogP) is 2.80. The van der Waals surface area contributed by atoms with Crippen molar-refractivity contribution in [3.63, 3.8) is 0 Å². The summed E-state index contributed by atoms with van der Waals surface area (Å²) in [7, 11) is 0. The molecule has 0 radical (unpaired) electrons. The molecule has 0 aliphatic heterocycles. The molecule has 0 spiro atoms. The molecule has 0 aromatic carbocycles. The maximum Gasteiger partial charge on any atom is 0.334 e. The Balaban J connectivity index is 4.26. The van der Waals surface area contributed by atoms with Crippen molar-refractivity contribution < 1.29 is 19.4 Å². The van der Waals surface area contributed by atoms with Crippen LogP contribution in [0, 0.1) is 0 Å². The standard InChI is InChI=1S/C13H15ClO4/c1-3-4-5-6-10(2)13(17)18-9-11(14)7-8-12(15)16/h3,5-7H,8-9H2,1-2H3,(H,15,16). The van der Waals surface area contributed by atoms with Gasteiger partial charge in [-0.15, -0.1) is 5.73 Å². The largest absolute Gasteiger partial charge is 0.481 e. The number of rotatable bonds is 6. The molecule has 0 aromatic heterocycles. The van der Waals surface area contributed by atoms with Crippen LogP contribution in [0.2, 0.25) is 0 Å². The van der Waals surface area contributed by atoms with Crippen molar-refractivity contribution in [2.45, 2.75) is 20.3 Å². The Morgan fingerprint density at radius 1 is 1.44 bits per heavy atom. The van der Waals surface area contributed by atoms with E-state index in [2.05, 4.69) is 5.73 Å². The van der Waals surface area contributed by atoms with Gasteiger partial charge >= 0.3 is 11.9 Å². The van der Waals surface area contributed by atoms with Gasteiger partial charge in [0, 0.05) is 5.57 Å². The Morgan fingerprint density at radius 3 is 2.67 bits per heavy atom. The first-order valence-corrected chi connectivity index (χ1v) is 5.62. The van der Waals surface area contributed by atoms with Gasteiger partial charge < -0.3 is 9.84 Å². The minimum Gasteiger partial charge on any atom is -0.481 e. The molecule has 0 fully saturated rings. The van der Waals surface area contributed by atoms with Gasteiger partial charge in [-0.1, -0.05) is 17.7 Å².